The van der Waals surface area contributed by atoms with Gasteiger partial charge in [-0.2, -0.15) is 11.8 Å². The standard InChI is InChI=1S/C11H14Cl2OS/c1-2-15-7-3-6-14-11-8-9(12)4-5-10(11)13/h4-5,8H,2-3,6-7H2,1H3. The predicted molar refractivity (Wildman–Crippen MR) is 69.6 cm³/mol. The Balaban J connectivity index is 2.33. The summed E-state index contributed by atoms with van der Waals surface area (Å²) >= 11 is 13.7. The summed E-state index contributed by atoms with van der Waals surface area (Å²) in [4.78, 5) is 0. The molecule has 0 aliphatic heterocycles. The molecule has 0 heterocycles. The number of rotatable bonds is 6. The zero-order valence-electron chi connectivity index (χ0n) is 8.63. The van der Waals surface area contributed by atoms with Crippen molar-refractivity contribution in [1.82, 2.24) is 0 Å². The van der Waals surface area contributed by atoms with E-state index in [9.17, 15) is 0 Å². The molecule has 0 aromatic heterocycles. The van der Waals surface area contributed by atoms with Gasteiger partial charge in [-0.15, -0.1) is 0 Å². The number of thioether (sulfide) groups is 1. The first kappa shape index (κ1) is 13.0. The lowest BCUT2D eigenvalue weighted by atomic mass is 10.3. The van der Waals surface area contributed by atoms with Crippen LogP contribution in [0, 0.1) is 0 Å². The van der Waals surface area contributed by atoms with E-state index in [1.807, 2.05) is 11.8 Å². The first-order valence-corrected chi connectivity index (χ1v) is 6.80. The van der Waals surface area contributed by atoms with Crippen LogP contribution in [0.2, 0.25) is 10.0 Å². The van der Waals surface area contributed by atoms with Crippen LogP contribution >= 0.6 is 35.0 Å². The lowest BCUT2D eigenvalue weighted by Crippen LogP contribution is -1.99. The van der Waals surface area contributed by atoms with E-state index in [2.05, 4.69) is 6.92 Å². The maximum Gasteiger partial charge on any atom is 0.139 e. The van der Waals surface area contributed by atoms with Gasteiger partial charge in [-0.3, -0.25) is 0 Å². The fourth-order valence-electron chi connectivity index (χ4n) is 1.08. The molecule has 1 nitrogen and oxygen atoms in total. The number of hydrogen-bond acceptors (Lipinski definition) is 2. The molecule has 0 saturated carbocycles. The molecule has 0 N–H and O–H groups in total. The highest BCUT2D eigenvalue weighted by molar-refractivity contribution is 7.99. The van der Waals surface area contributed by atoms with E-state index in [4.69, 9.17) is 27.9 Å². The van der Waals surface area contributed by atoms with Crippen LogP contribution in [0.4, 0.5) is 0 Å². The van der Waals surface area contributed by atoms with E-state index in [1.165, 1.54) is 0 Å². The van der Waals surface area contributed by atoms with Crippen molar-refractivity contribution in [2.75, 3.05) is 18.1 Å². The van der Waals surface area contributed by atoms with E-state index in [0.29, 0.717) is 22.4 Å². The molecule has 15 heavy (non-hydrogen) atoms. The number of ether oxygens (including phenoxy) is 1. The maximum absolute atomic E-state index is 5.95. The zero-order chi connectivity index (χ0) is 11.1. The maximum atomic E-state index is 5.95. The summed E-state index contributed by atoms with van der Waals surface area (Å²) in [5.41, 5.74) is 0. The molecule has 1 aromatic carbocycles. The zero-order valence-corrected chi connectivity index (χ0v) is 11.0. The Hall–Kier alpha value is -0.0500. The van der Waals surface area contributed by atoms with Crippen molar-refractivity contribution < 1.29 is 4.74 Å². The molecule has 4 heteroatoms. The average molecular weight is 265 g/mol. The van der Waals surface area contributed by atoms with Gasteiger partial charge in [0.05, 0.1) is 11.6 Å². The average Bonchev–Trinajstić information content (AvgIpc) is 2.23. The van der Waals surface area contributed by atoms with Crippen molar-refractivity contribution in [2.24, 2.45) is 0 Å². The third-order valence-electron chi connectivity index (χ3n) is 1.79. The second-order valence-electron chi connectivity index (χ2n) is 2.97. The molecule has 0 spiro atoms. The summed E-state index contributed by atoms with van der Waals surface area (Å²) in [6, 6.07) is 5.25. The summed E-state index contributed by atoms with van der Waals surface area (Å²) in [6.07, 6.45) is 1.03. The molecule has 0 radical (unpaired) electrons. The normalized spacial score (nSPS) is 10.3. The molecule has 0 unspecified atom stereocenters. The third kappa shape index (κ3) is 5.01. The SMILES string of the molecule is CCSCCCOc1cc(Cl)ccc1Cl. The van der Waals surface area contributed by atoms with Gasteiger partial charge in [0.2, 0.25) is 0 Å². The Kier molecular flexibility index (Phi) is 6.30. The first-order chi connectivity index (χ1) is 7.24. The van der Waals surface area contributed by atoms with Crippen LogP contribution in [0.25, 0.3) is 0 Å². The van der Waals surface area contributed by atoms with Crippen LogP contribution in [0.3, 0.4) is 0 Å². The summed E-state index contributed by atoms with van der Waals surface area (Å²) in [7, 11) is 0. The van der Waals surface area contributed by atoms with Crippen LogP contribution in [-0.4, -0.2) is 18.1 Å². The molecule has 0 amide bonds. The van der Waals surface area contributed by atoms with Crippen LogP contribution in [0.5, 0.6) is 5.75 Å². The Morgan fingerprint density at radius 2 is 2.13 bits per heavy atom. The van der Waals surface area contributed by atoms with Crippen LogP contribution in [0.1, 0.15) is 13.3 Å². The Bertz CT molecular complexity index is 305. The summed E-state index contributed by atoms with van der Waals surface area (Å²) in [5, 5.41) is 1.26. The molecule has 0 fully saturated rings. The lowest BCUT2D eigenvalue weighted by Gasteiger charge is -2.07. The van der Waals surface area contributed by atoms with Crippen LogP contribution in [0.15, 0.2) is 18.2 Å². The van der Waals surface area contributed by atoms with Crippen molar-refractivity contribution in [3.05, 3.63) is 28.2 Å². The second kappa shape index (κ2) is 7.26. The Morgan fingerprint density at radius 3 is 2.87 bits per heavy atom. The molecule has 0 atom stereocenters. The smallest absolute Gasteiger partial charge is 0.139 e. The van der Waals surface area contributed by atoms with E-state index in [1.54, 1.807) is 18.2 Å². The minimum atomic E-state index is 0.613. The van der Waals surface area contributed by atoms with Gasteiger partial charge in [-0.1, -0.05) is 30.1 Å². The summed E-state index contributed by atoms with van der Waals surface area (Å²) in [5.74, 6) is 2.94. The molecular weight excluding hydrogens is 251 g/mol. The number of hydrogen-bond donors (Lipinski definition) is 0. The Labute approximate surface area is 105 Å². The van der Waals surface area contributed by atoms with Gasteiger partial charge in [0, 0.05) is 11.1 Å². The molecule has 0 saturated heterocycles. The predicted octanol–water partition coefficient (Wildman–Crippen LogP) is 4.52. The van der Waals surface area contributed by atoms with Gasteiger partial charge in [-0.25, -0.2) is 0 Å². The Morgan fingerprint density at radius 1 is 1.33 bits per heavy atom. The molecule has 1 rings (SSSR count). The van der Waals surface area contributed by atoms with Crippen LogP contribution in [-0.2, 0) is 0 Å². The van der Waals surface area contributed by atoms with E-state index in [-0.39, 0.29) is 0 Å². The second-order valence-corrected chi connectivity index (χ2v) is 5.21. The highest BCUT2D eigenvalue weighted by atomic mass is 35.5. The van der Waals surface area contributed by atoms with Gasteiger partial charge in [0.15, 0.2) is 0 Å². The molecule has 0 aliphatic carbocycles. The van der Waals surface area contributed by atoms with Gasteiger partial charge < -0.3 is 4.74 Å². The fraction of sp³-hybridized carbons (Fsp3) is 0.455. The molecule has 0 bridgehead atoms. The number of benzene rings is 1. The summed E-state index contributed by atoms with van der Waals surface area (Å²) in [6.45, 7) is 2.84. The van der Waals surface area contributed by atoms with Gasteiger partial charge >= 0.3 is 0 Å². The van der Waals surface area contributed by atoms with Crippen LogP contribution < -0.4 is 4.74 Å². The molecular formula is C11H14Cl2OS. The minimum absolute atomic E-state index is 0.613. The van der Waals surface area contributed by atoms with Crippen molar-refractivity contribution in [3.8, 4) is 5.75 Å². The third-order valence-corrected chi connectivity index (χ3v) is 3.32. The van der Waals surface area contributed by atoms with E-state index < -0.39 is 0 Å². The fourth-order valence-corrected chi connectivity index (χ4v) is 2.02. The van der Waals surface area contributed by atoms with E-state index in [0.717, 1.165) is 17.9 Å². The highest BCUT2D eigenvalue weighted by Gasteiger charge is 2.01. The highest BCUT2D eigenvalue weighted by Crippen LogP contribution is 2.27. The molecule has 1 aromatic rings. The first-order valence-electron chi connectivity index (χ1n) is 4.89. The minimum Gasteiger partial charge on any atom is -0.492 e. The largest absolute Gasteiger partial charge is 0.492 e. The van der Waals surface area contributed by atoms with Crippen molar-refractivity contribution in [1.29, 1.82) is 0 Å². The number of halogens is 2. The quantitative estimate of drug-likeness (QED) is 0.699. The van der Waals surface area contributed by atoms with E-state index >= 15 is 0 Å². The monoisotopic (exact) mass is 264 g/mol. The molecule has 0 aliphatic rings. The van der Waals surface area contributed by atoms with Gasteiger partial charge in [0.25, 0.3) is 0 Å². The van der Waals surface area contributed by atoms with Crippen molar-refractivity contribution in [2.45, 2.75) is 13.3 Å². The summed E-state index contributed by atoms with van der Waals surface area (Å²) < 4.78 is 5.53. The molecule has 84 valence electrons. The van der Waals surface area contributed by atoms with Gasteiger partial charge in [-0.05, 0) is 30.1 Å². The topological polar surface area (TPSA) is 9.23 Å². The van der Waals surface area contributed by atoms with Crippen molar-refractivity contribution >= 4 is 35.0 Å². The van der Waals surface area contributed by atoms with Gasteiger partial charge in [0.1, 0.15) is 5.75 Å². The lowest BCUT2D eigenvalue weighted by molar-refractivity contribution is 0.319. The van der Waals surface area contributed by atoms with Crippen molar-refractivity contribution in [3.63, 3.8) is 0 Å².